The molecule has 3 rings (SSSR count). The molecule has 1 aliphatic rings. The number of thiazole rings is 1. The summed E-state index contributed by atoms with van der Waals surface area (Å²) in [6.07, 6.45) is 1.59. The Morgan fingerprint density at radius 1 is 1.45 bits per heavy atom. The van der Waals surface area contributed by atoms with Crippen LogP contribution in [0.25, 0.3) is 10.2 Å². The van der Waals surface area contributed by atoms with Gasteiger partial charge in [-0.15, -0.1) is 11.3 Å². The van der Waals surface area contributed by atoms with Crippen molar-refractivity contribution in [1.29, 1.82) is 0 Å². The van der Waals surface area contributed by atoms with Crippen LogP contribution in [0.15, 0.2) is 17.1 Å². The summed E-state index contributed by atoms with van der Waals surface area (Å²) in [5.74, 6) is -0.0966. The van der Waals surface area contributed by atoms with E-state index in [2.05, 4.69) is 9.97 Å². The molecule has 7 heteroatoms. The van der Waals surface area contributed by atoms with Crippen LogP contribution in [0.4, 0.5) is 0 Å². The average molecular weight is 293 g/mol. The number of ether oxygens (including phenoxy) is 1. The van der Waals surface area contributed by atoms with Crippen molar-refractivity contribution < 1.29 is 9.53 Å². The van der Waals surface area contributed by atoms with Crippen molar-refractivity contribution >= 4 is 27.5 Å². The van der Waals surface area contributed by atoms with E-state index < -0.39 is 0 Å². The third-order valence-corrected chi connectivity index (χ3v) is 4.19. The molecule has 2 aromatic rings. The van der Waals surface area contributed by atoms with E-state index in [1.165, 1.54) is 23.6 Å². The molecule has 20 heavy (non-hydrogen) atoms. The number of pyridine rings is 1. The Balaban J connectivity index is 1.90. The Labute approximate surface area is 119 Å². The van der Waals surface area contributed by atoms with Crippen molar-refractivity contribution in [1.82, 2.24) is 14.9 Å². The van der Waals surface area contributed by atoms with Crippen molar-refractivity contribution in [3.8, 4) is 0 Å². The van der Waals surface area contributed by atoms with E-state index in [1.54, 1.807) is 4.90 Å². The Morgan fingerprint density at radius 3 is 2.85 bits per heavy atom. The molecule has 0 spiro atoms. The number of hydrogen-bond donors (Lipinski definition) is 1. The number of carbonyl (C=O) groups is 1. The largest absolute Gasteiger partial charge is 0.372 e. The highest BCUT2D eigenvalue weighted by molar-refractivity contribution is 7.20. The summed E-state index contributed by atoms with van der Waals surface area (Å²) in [6.45, 7) is 5.04. The fourth-order valence-corrected chi connectivity index (χ4v) is 3.37. The second-order valence-electron chi connectivity index (χ2n) is 5.03. The van der Waals surface area contributed by atoms with Gasteiger partial charge in [0.1, 0.15) is 0 Å². The number of fused-ring (bicyclic) bond motifs is 1. The molecule has 0 bridgehead atoms. The highest BCUT2D eigenvalue weighted by atomic mass is 32.1. The van der Waals surface area contributed by atoms with Crippen LogP contribution in [0.1, 0.15) is 23.6 Å². The molecule has 0 radical (unpaired) electrons. The van der Waals surface area contributed by atoms with Crippen molar-refractivity contribution in [2.45, 2.75) is 26.1 Å². The number of nitrogens with zero attached hydrogens (tertiary/aromatic N) is 2. The van der Waals surface area contributed by atoms with Crippen LogP contribution in [-0.2, 0) is 4.74 Å². The number of aromatic amines is 1. The zero-order valence-corrected chi connectivity index (χ0v) is 12.1. The summed E-state index contributed by atoms with van der Waals surface area (Å²) in [7, 11) is 0. The van der Waals surface area contributed by atoms with Crippen LogP contribution in [0.2, 0.25) is 0 Å². The van der Waals surface area contributed by atoms with Gasteiger partial charge < -0.3 is 14.6 Å². The molecule has 2 atom stereocenters. The topological polar surface area (TPSA) is 75.3 Å². The van der Waals surface area contributed by atoms with E-state index in [0.29, 0.717) is 23.6 Å². The smallest absolute Gasteiger partial charge is 0.283 e. The lowest BCUT2D eigenvalue weighted by molar-refractivity contribution is -0.0586. The first-order valence-corrected chi connectivity index (χ1v) is 7.28. The molecule has 0 saturated carbocycles. The van der Waals surface area contributed by atoms with E-state index in [4.69, 9.17) is 4.74 Å². The maximum Gasteiger partial charge on any atom is 0.283 e. The Hall–Kier alpha value is -1.73. The summed E-state index contributed by atoms with van der Waals surface area (Å²) in [5.41, 5.74) is 0.459. The van der Waals surface area contributed by atoms with Gasteiger partial charge in [0, 0.05) is 25.4 Å². The molecule has 1 amide bonds. The molecular formula is C13H15N3O3S. The maximum absolute atomic E-state index is 12.5. The van der Waals surface area contributed by atoms with E-state index >= 15 is 0 Å². The number of amides is 1. The van der Waals surface area contributed by atoms with Crippen molar-refractivity contribution in [2.75, 3.05) is 13.1 Å². The van der Waals surface area contributed by atoms with E-state index in [-0.39, 0.29) is 23.7 Å². The van der Waals surface area contributed by atoms with Crippen LogP contribution >= 0.6 is 11.3 Å². The number of nitrogens with one attached hydrogen (secondary N) is 1. The van der Waals surface area contributed by atoms with Gasteiger partial charge in [-0.2, -0.15) is 0 Å². The highest BCUT2D eigenvalue weighted by Crippen LogP contribution is 2.22. The lowest BCUT2D eigenvalue weighted by Crippen LogP contribution is -2.48. The predicted octanol–water partition coefficient (Wildman–Crippen LogP) is 1.23. The SMILES string of the molecule is C[C@@H]1CN(C(=O)c2nc3c[nH]c(=O)cc3s2)C[C@H](C)O1. The second kappa shape index (κ2) is 4.99. The van der Waals surface area contributed by atoms with Gasteiger partial charge >= 0.3 is 0 Å². The molecule has 0 aliphatic carbocycles. The maximum atomic E-state index is 12.5. The molecule has 3 heterocycles. The summed E-state index contributed by atoms with van der Waals surface area (Å²) < 4.78 is 6.35. The van der Waals surface area contributed by atoms with Gasteiger partial charge in [0.2, 0.25) is 5.56 Å². The zero-order chi connectivity index (χ0) is 14.3. The van der Waals surface area contributed by atoms with E-state index in [9.17, 15) is 9.59 Å². The fourth-order valence-electron chi connectivity index (χ4n) is 2.42. The van der Waals surface area contributed by atoms with Crippen LogP contribution in [0.3, 0.4) is 0 Å². The third-order valence-electron chi connectivity index (χ3n) is 3.18. The van der Waals surface area contributed by atoms with Crippen LogP contribution < -0.4 is 5.56 Å². The number of aromatic nitrogens is 2. The molecule has 1 aliphatic heterocycles. The average Bonchev–Trinajstić information content (AvgIpc) is 2.79. The molecule has 1 fully saturated rings. The van der Waals surface area contributed by atoms with Gasteiger partial charge in [-0.25, -0.2) is 4.98 Å². The Kier molecular flexibility index (Phi) is 3.31. The van der Waals surface area contributed by atoms with Crippen LogP contribution in [-0.4, -0.2) is 46.1 Å². The molecule has 0 unspecified atom stereocenters. The minimum absolute atomic E-state index is 0.0265. The fraction of sp³-hybridized carbons (Fsp3) is 0.462. The number of H-pyrrole nitrogens is 1. The van der Waals surface area contributed by atoms with Crippen molar-refractivity contribution in [2.24, 2.45) is 0 Å². The Morgan fingerprint density at radius 2 is 2.15 bits per heavy atom. The quantitative estimate of drug-likeness (QED) is 0.858. The van der Waals surface area contributed by atoms with Gasteiger partial charge in [0.15, 0.2) is 5.01 Å². The normalized spacial score (nSPS) is 23.2. The monoisotopic (exact) mass is 293 g/mol. The summed E-state index contributed by atoms with van der Waals surface area (Å²) in [5, 5.41) is 0.417. The number of hydrogen-bond acceptors (Lipinski definition) is 5. The highest BCUT2D eigenvalue weighted by Gasteiger charge is 2.28. The van der Waals surface area contributed by atoms with Crippen LogP contribution in [0.5, 0.6) is 0 Å². The molecular weight excluding hydrogens is 278 g/mol. The van der Waals surface area contributed by atoms with Gasteiger partial charge in [-0.3, -0.25) is 9.59 Å². The van der Waals surface area contributed by atoms with Gasteiger partial charge in [-0.05, 0) is 13.8 Å². The van der Waals surface area contributed by atoms with Crippen molar-refractivity contribution in [3.05, 3.63) is 27.6 Å². The predicted molar refractivity (Wildman–Crippen MR) is 76.2 cm³/mol. The summed E-state index contributed by atoms with van der Waals surface area (Å²) in [6, 6.07) is 1.47. The van der Waals surface area contributed by atoms with Gasteiger partial charge in [0.25, 0.3) is 5.91 Å². The first-order chi connectivity index (χ1) is 9.52. The first-order valence-electron chi connectivity index (χ1n) is 6.47. The molecule has 1 saturated heterocycles. The lowest BCUT2D eigenvalue weighted by Gasteiger charge is -2.34. The standard InChI is InChI=1S/C13H15N3O3S/c1-7-5-16(6-8(2)19-7)13(18)12-15-9-4-14-11(17)3-10(9)20-12/h3-4,7-8H,5-6H2,1-2H3,(H,14,17)/t7-,8+. The molecule has 0 aromatic carbocycles. The number of carbonyl (C=O) groups excluding carboxylic acids is 1. The number of rotatable bonds is 1. The van der Waals surface area contributed by atoms with Crippen LogP contribution in [0, 0.1) is 0 Å². The van der Waals surface area contributed by atoms with E-state index in [0.717, 1.165) is 4.70 Å². The van der Waals surface area contributed by atoms with E-state index in [1.807, 2.05) is 13.8 Å². The summed E-state index contributed by atoms with van der Waals surface area (Å²) in [4.78, 5) is 32.4. The van der Waals surface area contributed by atoms with Gasteiger partial charge in [-0.1, -0.05) is 0 Å². The zero-order valence-electron chi connectivity index (χ0n) is 11.3. The van der Waals surface area contributed by atoms with Gasteiger partial charge in [0.05, 0.1) is 22.4 Å². The summed E-state index contributed by atoms with van der Waals surface area (Å²) >= 11 is 1.25. The minimum Gasteiger partial charge on any atom is -0.372 e. The number of morpholine rings is 1. The second-order valence-corrected chi connectivity index (χ2v) is 6.06. The third kappa shape index (κ3) is 2.46. The first kappa shape index (κ1) is 13.3. The Bertz CT molecular complexity index is 698. The molecule has 1 N–H and O–H groups in total. The lowest BCUT2D eigenvalue weighted by atomic mass is 10.2. The van der Waals surface area contributed by atoms with Crippen molar-refractivity contribution in [3.63, 3.8) is 0 Å². The minimum atomic E-state index is -0.186. The molecule has 6 nitrogen and oxygen atoms in total. The molecule has 106 valence electrons. The molecule has 2 aromatic heterocycles.